The Morgan fingerprint density at radius 2 is 2.17 bits per heavy atom. The Kier molecular flexibility index (Phi) is 3.43. The predicted octanol–water partition coefficient (Wildman–Crippen LogP) is 4.03. The van der Waals surface area contributed by atoms with Gasteiger partial charge in [-0.1, -0.05) is 25.4 Å². The van der Waals surface area contributed by atoms with Crippen LogP contribution in [0.2, 0.25) is 5.02 Å². The van der Waals surface area contributed by atoms with E-state index >= 15 is 0 Å². The molecule has 2 rings (SSSR count). The summed E-state index contributed by atoms with van der Waals surface area (Å²) in [5, 5.41) is 11.3. The Balaban J connectivity index is 2.24. The lowest BCUT2D eigenvalue weighted by molar-refractivity contribution is -0.386. The predicted molar refractivity (Wildman–Crippen MR) is 70.6 cm³/mol. The Morgan fingerprint density at radius 1 is 1.50 bits per heavy atom. The summed E-state index contributed by atoms with van der Waals surface area (Å²) in [5.74, 6) is 0.203. The van der Waals surface area contributed by atoms with Crippen LogP contribution in [0.5, 0.6) is 5.75 Å². The second kappa shape index (κ2) is 4.59. The van der Waals surface area contributed by atoms with Gasteiger partial charge in [0, 0.05) is 34.4 Å². The zero-order valence-corrected chi connectivity index (χ0v) is 11.5. The molecule has 0 saturated heterocycles. The van der Waals surface area contributed by atoms with Gasteiger partial charge in [0.25, 0.3) is 0 Å². The van der Waals surface area contributed by atoms with Crippen LogP contribution in [0, 0.1) is 15.5 Å². The van der Waals surface area contributed by atoms with Crippen molar-refractivity contribution >= 4 is 28.9 Å². The zero-order valence-electron chi connectivity index (χ0n) is 10.0. The number of benzene rings is 1. The Bertz CT molecular complexity index is 490. The average Bonchev–Trinajstić information content (AvgIpc) is 2.28. The van der Waals surface area contributed by atoms with E-state index in [0.29, 0.717) is 11.4 Å². The quantitative estimate of drug-likeness (QED) is 0.479. The van der Waals surface area contributed by atoms with Crippen LogP contribution in [0.4, 0.5) is 5.69 Å². The number of nitro groups is 1. The number of hydrogen-bond acceptors (Lipinski definition) is 3. The van der Waals surface area contributed by atoms with Gasteiger partial charge < -0.3 is 4.74 Å². The number of hydrogen-bond donors (Lipinski definition) is 0. The first-order valence-corrected chi connectivity index (χ1v) is 6.38. The number of ether oxygens (including phenoxy) is 1. The molecule has 0 aliphatic heterocycles. The van der Waals surface area contributed by atoms with E-state index in [2.05, 4.69) is 0 Å². The third-order valence-corrected chi connectivity index (χ3v) is 4.42. The molecular weight excluding hydrogens is 277 g/mol. The van der Waals surface area contributed by atoms with E-state index in [1.165, 1.54) is 18.2 Å². The molecule has 2 unspecified atom stereocenters. The highest BCUT2D eigenvalue weighted by Gasteiger charge is 2.49. The summed E-state index contributed by atoms with van der Waals surface area (Å²) in [7, 11) is 0. The van der Waals surface area contributed by atoms with Crippen LogP contribution >= 0.6 is 23.2 Å². The second-order valence-electron chi connectivity index (χ2n) is 5.00. The van der Waals surface area contributed by atoms with Crippen molar-refractivity contribution in [3.05, 3.63) is 33.3 Å². The number of nitrogens with zero attached hydrogens (tertiary/aromatic N) is 1. The summed E-state index contributed by atoms with van der Waals surface area (Å²) >= 11 is 11.9. The maximum absolute atomic E-state index is 10.9. The standard InChI is InChI=1S/C12H13Cl2NO3/c1-12(2)10(14)6-11(12)18-9-5-7(13)3-4-8(9)15(16)17/h3-5,10-11H,6H2,1-2H3. The first kappa shape index (κ1) is 13.4. The lowest BCUT2D eigenvalue weighted by Gasteiger charge is -2.48. The van der Waals surface area contributed by atoms with Crippen LogP contribution in [0.1, 0.15) is 20.3 Å². The van der Waals surface area contributed by atoms with Crippen LogP contribution < -0.4 is 4.74 Å². The molecule has 0 radical (unpaired) electrons. The molecule has 18 heavy (non-hydrogen) atoms. The minimum Gasteiger partial charge on any atom is -0.483 e. The molecule has 1 aromatic carbocycles. The Morgan fingerprint density at radius 3 is 2.67 bits per heavy atom. The van der Waals surface area contributed by atoms with Crippen molar-refractivity contribution < 1.29 is 9.66 Å². The van der Waals surface area contributed by atoms with E-state index in [0.717, 1.165) is 0 Å². The van der Waals surface area contributed by atoms with Gasteiger partial charge in [-0.3, -0.25) is 10.1 Å². The van der Waals surface area contributed by atoms with Crippen molar-refractivity contribution in [2.24, 2.45) is 5.41 Å². The van der Waals surface area contributed by atoms with Crippen LogP contribution in [0.3, 0.4) is 0 Å². The second-order valence-corrected chi connectivity index (χ2v) is 5.96. The van der Waals surface area contributed by atoms with E-state index in [1.807, 2.05) is 13.8 Å². The molecule has 0 heterocycles. The van der Waals surface area contributed by atoms with E-state index in [9.17, 15) is 10.1 Å². The van der Waals surface area contributed by atoms with Gasteiger partial charge in [0.1, 0.15) is 6.10 Å². The molecule has 0 amide bonds. The molecule has 6 heteroatoms. The lowest BCUT2D eigenvalue weighted by Crippen LogP contribution is -2.53. The highest BCUT2D eigenvalue weighted by atomic mass is 35.5. The topological polar surface area (TPSA) is 52.4 Å². The Hall–Kier alpha value is -1.00. The van der Waals surface area contributed by atoms with Crippen molar-refractivity contribution in [1.82, 2.24) is 0 Å². The van der Waals surface area contributed by atoms with Gasteiger partial charge in [0.05, 0.1) is 4.92 Å². The van der Waals surface area contributed by atoms with Crippen molar-refractivity contribution in [3.63, 3.8) is 0 Å². The smallest absolute Gasteiger partial charge is 0.311 e. The fourth-order valence-corrected chi connectivity index (χ4v) is 2.39. The lowest BCUT2D eigenvalue weighted by atomic mass is 9.68. The summed E-state index contributed by atoms with van der Waals surface area (Å²) in [6.45, 7) is 3.96. The van der Waals surface area contributed by atoms with Gasteiger partial charge in [0.2, 0.25) is 0 Å². The molecule has 1 aliphatic rings. The maximum atomic E-state index is 10.9. The molecule has 4 nitrogen and oxygen atoms in total. The first-order valence-electron chi connectivity index (χ1n) is 5.57. The van der Waals surface area contributed by atoms with E-state index in [-0.39, 0.29) is 28.3 Å². The molecule has 2 atom stereocenters. The largest absolute Gasteiger partial charge is 0.483 e. The van der Waals surface area contributed by atoms with Crippen molar-refractivity contribution in [2.45, 2.75) is 31.7 Å². The molecule has 1 saturated carbocycles. The van der Waals surface area contributed by atoms with E-state index in [1.54, 1.807) is 0 Å². The van der Waals surface area contributed by atoms with Gasteiger partial charge in [-0.15, -0.1) is 11.6 Å². The van der Waals surface area contributed by atoms with Crippen molar-refractivity contribution in [2.75, 3.05) is 0 Å². The summed E-state index contributed by atoms with van der Waals surface area (Å²) < 4.78 is 5.70. The van der Waals surface area contributed by atoms with Crippen LogP contribution in [0.25, 0.3) is 0 Å². The maximum Gasteiger partial charge on any atom is 0.311 e. The van der Waals surface area contributed by atoms with Crippen LogP contribution in [-0.2, 0) is 0 Å². The number of halogens is 2. The molecule has 0 aromatic heterocycles. The van der Waals surface area contributed by atoms with E-state index in [4.69, 9.17) is 27.9 Å². The highest BCUT2D eigenvalue weighted by molar-refractivity contribution is 6.30. The first-order chi connectivity index (χ1) is 8.32. The molecule has 1 aliphatic carbocycles. The molecule has 98 valence electrons. The van der Waals surface area contributed by atoms with E-state index < -0.39 is 4.92 Å². The fourth-order valence-electron chi connectivity index (χ4n) is 1.92. The number of nitro benzene ring substituents is 1. The number of alkyl halides is 1. The van der Waals surface area contributed by atoms with Gasteiger partial charge in [-0.05, 0) is 6.07 Å². The van der Waals surface area contributed by atoms with Gasteiger partial charge in [-0.25, -0.2) is 0 Å². The normalized spacial score (nSPS) is 25.3. The van der Waals surface area contributed by atoms with Crippen LogP contribution in [-0.4, -0.2) is 16.4 Å². The SMILES string of the molecule is CC1(C)C(Cl)CC1Oc1cc(Cl)ccc1[N+](=O)[O-]. The molecule has 1 aromatic rings. The minimum absolute atomic E-state index is 0.0285. The molecule has 1 fully saturated rings. The van der Waals surface area contributed by atoms with Gasteiger partial charge in [-0.2, -0.15) is 0 Å². The molecule has 0 bridgehead atoms. The highest BCUT2D eigenvalue weighted by Crippen LogP contribution is 2.47. The molecule has 0 N–H and O–H groups in total. The zero-order chi connectivity index (χ0) is 13.5. The van der Waals surface area contributed by atoms with Crippen LogP contribution in [0.15, 0.2) is 18.2 Å². The fraction of sp³-hybridized carbons (Fsp3) is 0.500. The van der Waals surface area contributed by atoms with Gasteiger partial charge in [0.15, 0.2) is 5.75 Å². The molecular formula is C12H13Cl2NO3. The summed E-state index contributed by atoms with van der Waals surface area (Å²) in [5.41, 5.74) is -0.272. The Labute approximate surface area is 115 Å². The summed E-state index contributed by atoms with van der Waals surface area (Å²) in [4.78, 5) is 10.4. The summed E-state index contributed by atoms with van der Waals surface area (Å²) in [6.07, 6.45) is 0.551. The minimum atomic E-state index is -0.477. The average molecular weight is 290 g/mol. The number of rotatable bonds is 3. The van der Waals surface area contributed by atoms with Gasteiger partial charge >= 0.3 is 5.69 Å². The third kappa shape index (κ3) is 2.27. The monoisotopic (exact) mass is 289 g/mol. The third-order valence-electron chi connectivity index (χ3n) is 3.45. The summed E-state index contributed by atoms with van der Waals surface area (Å²) in [6, 6.07) is 4.29. The van der Waals surface area contributed by atoms with Crippen molar-refractivity contribution in [1.29, 1.82) is 0 Å². The van der Waals surface area contributed by atoms with Crippen molar-refractivity contribution in [3.8, 4) is 5.75 Å². The molecule has 0 spiro atoms.